The monoisotopic (exact) mass is 309 g/mol. The zero-order chi connectivity index (χ0) is 14.4. The normalized spacial score (nSPS) is 10.6. The molecule has 0 spiro atoms. The maximum Gasteiger partial charge on any atom is 0.191 e. The summed E-state index contributed by atoms with van der Waals surface area (Å²) < 4.78 is 0. The predicted molar refractivity (Wildman–Crippen MR) is 87.0 cm³/mol. The maximum atomic E-state index is 4.45. The summed E-state index contributed by atoms with van der Waals surface area (Å²) >= 11 is 3.23. The third-order valence-corrected chi connectivity index (χ3v) is 3.97. The van der Waals surface area contributed by atoms with Crippen LogP contribution < -0.4 is 10.6 Å². The van der Waals surface area contributed by atoms with Crippen molar-refractivity contribution in [3.8, 4) is 0 Å². The van der Waals surface area contributed by atoms with Crippen molar-refractivity contribution in [1.29, 1.82) is 0 Å². The van der Waals surface area contributed by atoms with Crippen molar-refractivity contribution in [3.05, 3.63) is 22.1 Å². The van der Waals surface area contributed by atoms with Crippen LogP contribution in [0.25, 0.3) is 0 Å². The van der Waals surface area contributed by atoms with Crippen LogP contribution in [0.4, 0.5) is 11.6 Å². The summed E-state index contributed by atoms with van der Waals surface area (Å²) in [5.74, 6) is 1.71. The Morgan fingerprint density at radius 1 is 1.20 bits per heavy atom. The molecule has 0 aliphatic carbocycles. The fraction of sp³-hybridized carbons (Fsp3) is 0.462. The van der Waals surface area contributed by atoms with Gasteiger partial charge in [0.2, 0.25) is 0 Å². The largest absolute Gasteiger partial charge is 0.370 e. The van der Waals surface area contributed by atoms with E-state index in [0.29, 0.717) is 0 Å². The molecule has 0 aromatic carbocycles. The number of thiazole rings is 1. The Kier molecular flexibility index (Phi) is 5.60. The van der Waals surface area contributed by atoms with Gasteiger partial charge >= 0.3 is 0 Å². The quantitative estimate of drug-likeness (QED) is 0.605. The number of hydrogen-bond acceptors (Lipinski definition) is 7. The first-order valence-corrected chi connectivity index (χ1v) is 8.63. The molecule has 0 aliphatic rings. The first-order valence-electron chi connectivity index (χ1n) is 6.53. The van der Waals surface area contributed by atoms with E-state index in [9.17, 15) is 0 Å². The second kappa shape index (κ2) is 7.44. The van der Waals surface area contributed by atoms with Gasteiger partial charge in [0, 0.05) is 31.0 Å². The molecule has 20 heavy (non-hydrogen) atoms. The van der Waals surface area contributed by atoms with Gasteiger partial charge < -0.3 is 10.6 Å². The van der Waals surface area contributed by atoms with E-state index in [1.165, 1.54) is 0 Å². The average molecular weight is 309 g/mol. The molecule has 7 heteroatoms. The molecule has 108 valence electrons. The van der Waals surface area contributed by atoms with Crippen molar-refractivity contribution >= 4 is 34.7 Å². The first kappa shape index (κ1) is 15.1. The lowest BCUT2D eigenvalue weighted by atomic mass is 10.3. The highest BCUT2D eigenvalue weighted by Crippen LogP contribution is 2.17. The highest BCUT2D eigenvalue weighted by Gasteiger charge is 2.04. The summed E-state index contributed by atoms with van der Waals surface area (Å²) in [5.41, 5.74) is 1.13. The summed E-state index contributed by atoms with van der Waals surface area (Å²) in [7, 11) is 0. The van der Waals surface area contributed by atoms with E-state index >= 15 is 0 Å². The Morgan fingerprint density at radius 2 is 1.95 bits per heavy atom. The molecule has 0 amide bonds. The molecule has 0 bridgehead atoms. The van der Waals surface area contributed by atoms with E-state index in [-0.39, 0.29) is 0 Å². The van der Waals surface area contributed by atoms with Crippen molar-refractivity contribution in [2.75, 3.05) is 30.0 Å². The van der Waals surface area contributed by atoms with Crippen LogP contribution in [-0.2, 0) is 6.42 Å². The van der Waals surface area contributed by atoms with Crippen molar-refractivity contribution in [2.24, 2.45) is 0 Å². The fourth-order valence-electron chi connectivity index (χ4n) is 1.72. The summed E-state index contributed by atoms with van der Waals surface area (Å²) in [5, 5.41) is 10.5. The van der Waals surface area contributed by atoms with Crippen LogP contribution in [-0.4, -0.2) is 34.3 Å². The minimum atomic E-state index is 0.774. The van der Waals surface area contributed by atoms with Gasteiger partial charge in [0.15, 0.2) is 5.16 Å². The Balaban J connectivity index is 1.95. The van der Waals surface area contributed by atoms with Gasteiger partial charge in [-0.15, -0.1) is 11.3 Å². The molecule has 0 unspecified atom stereocenters. The maximum absolute atomic E-state index is 4.45. The zero-order valence-corrected chi connectivity index (χ0v) is 13.6. The minimum Gasteiger partial charge on any atom is -0.370 e. The molecule has 2 aromatic heterocycles. The number of nitrogens with zero attached hydrogens (tertiary/aromatic N) is 3. The van der Waals surface area contributed by atoms with Crippen LogP contribution >= 0.6 is 23.1 Å². The van der Waals surface area contributed by atoms with Gasteiger partial charge in [-0.1, -0.05) is 11.8 Å². The molecule has 2 rings (SSSR count). The van der Waals surface area contributed by atoms with Crippen LogP contribution in [0, 0.1) is 6.92 Å². The third-order valence-electron chi connectivity index (χ3n) is 2.60. The van der Waals surface area contributed by atoms with Crippen molar-refractivity contribution in [1.82, 2.24) is 15.0 Å². The lowest BCUT2D eigenvalue weighted by molar-refractivity contribution is 0.923. The van der Waals surface area contributed by atoms with Crippen LogP contribution in [0.1, 0.15) is 17.6 Å². The van der Waals surface area contributed by atoms with Gasteiger partial charge in [-0.2, -0.15) is 0 Å². The van der Waals surface area contributed by atoms with E-state index in [1.807, 2.05) is 19.2 Å². The molecule has 0 saturated carbocycles. The number of anilines is 2. The highest BCUT2D eigenvalue weighted by molar-refractivity contribution is 7.98. The molecule has 0 fully saturated rings. The molecule has 0 saturated heterocycles. The predicted octanol–water partition coefficient (Wildman–Crippen LogP) is 3.05. The van der Waals surface area contributed by atoms with Gasteiger partial charge in [0.1, 0.15) is 11.6 Å². The number of thioether (sulfide) groups is 1. The van der Waals surface area contributed by atoms with Gasteiger partial charge in [-0.25, -0.2) is 15.0 Å². The van der Waals surface area contributed by atoms with Crippen molar-refractivity contribution in [2.45, 2.75) is 25.4 Å². The Morgan fingerprint density at radius 3 is 2.55 bits per heavy atom. The van der Waals surface area contributed by atoms with Crippen molar-refractivity contribution < 1.29 is 0 Å². The van der Waals surface area contributed by atoms with E-state index < -0.39 is 0 Å². The van der Waals surface area contributed by atoms with Crippen LogP contribution in [0.15, 0.2) is 16.6 Å². The first-order chi connectivity index (χ1) is 9.71. The van der Waals surface area contributed by atoms with E-state index in [0.717, 1.165) is 47.0 Å². The molecule has 2 aromatic rings. The number of nitrogens with one attached hydrogen (secondary N) is 2. The summed E-state index contributed by atoms with van der Waals surface area (Å²) in [6.45, 7) is 5.75. The van der Waals surface area contributed by atoms with E-state index in [1.54, 1.807) is 23.1 Å². The smallest absolute Gasteiger partial charge is 0.191 e. The second-order valence-corrected chi connectivity index (χ2v) is 6.03. The Hall–Kier alpha value is -1.34. The fourth-order valence-corrected chi connectivity index (χ4v) is 2.75. The number of aromatic nitrogens is 3. The number of rotatable bonds is 7. The summed E-state index contributed by atoms with van der Waals surface area (Å²) in [6.07, 6.45) is 2.88. The molecule has 0 aliphatic heterocycles. The molecule has 0 atom stereocenters. The average Bonchev–Trinajstić information content (AvgIpc) is 2.84. The molecular weight excluding hydrogens is 290 g/mol. The lowest BCUT2D eigenvalue weighted by Gasteiger charge is -2.09. The molecular formula is C13H19N5S2. The highest BCUT2D eigenvalue weighted by atomic mass is 32.2. The van der Waals surface area contributed by atoms with Crippen LogP contribution in [0.2, 0.25) is 0 Å². The zero-order valence-electron chi connectivity index (χ0n) is 11.9. The Labute approximate surface area is 127 Å². The number of aryl methyl sites for hydroxylation is 1. The molecule has 2 heterocycles. The van der Waals surface area contributed by atoms with Gasteiger partial charge in [-0.3, -0.25) is 0 Å². The van der Waals surface area contributed by atoms with Gasteiger partial charge in [0.25, 0.3) is 0 Å². The number of hydrogen-bond donors (Lipinski definition) is 2. The summed E-state index contributed by atoms with van der Waals surface area (Å²) in [6, 6.07) is 1.94. The minimum absolute atomic E-state index is 0.774. The third kappa shape index (κ3) is 4.35. The van der Waals surface area contributed by atoms with E-state index in [4.69, 9.17) is 0 Å². The Bertz CT molecular complexity index is 555. The topological polar surface area (TPSA) is 62.7 Å². The van der Waals surface area contributed by atoms with Crippen molar-refractivity contribution in [3.63, 3.8) is 0 Å². The molecule has 2 N–H and O–H groups in total. The van der Waals surface area contributed by atoms with Gasteiger partial charge in [0.05, 0.1) is 10.7 Å². The van der Waals surface area contributed by atoms with Gasteiger partial charge in [-0.05, 0) is 20.1 Å². The lowest BCUT2D eigenvalue weighted by Crippen LogP contribution is -2.09. The SMILES string of the molecule is CCNc1cc(NCCc2csc(C)n2)nc(SC)n1. The second-order valence-electron chi connectivity index (χ2n) is 4.19. The van der Waals surface area contributed by atoms with Crippen LogP contribution in [0.3, 0.4) is 0 Å². The standard InChI is InChI=1S/C13H19N5S2/c1-4-14-11-7-12(18-13(17-11)19-3)15-6-5-10-8-20-9(2)16-10/h7-8H,4-6H2,1-3H3,(H2,14,15,17,18). The molecule has 0 radical (unpaired) electrons. The van der Waals surface area contributed by atoms with E-state index in [2.05, 4.69) is 37.9 Å². The van der Waals surface area contributed by atoms with Crippen LogP contribution in [0.5, 0.6) is 0 Å². The molecule has 5 nitrogen and oxygen atoms in total. The summed E-state index contributed by atoms with van der Waals surface area (Å²) in [4.78, 5) is 13.3.